The number of aliphatic hydroxyl groups is 4. The third kappa shape index (κ3) is 10.9. The third-order valence-corrected chi connectivity index (χ3v) is 16.7. The van der Waals surface area contributed by atoms with Crippen LogP contribution in [0.4, 0.5) is 16.3 Å². The molecular weight excluding hydrogens is 1110 g/mol. The van der Waals surface area contributed by atoms with Gasteiger partial charge in [-0.2, -0.15) is 23.2 Å². The molecule has 0 saturated carbocycles. The molecule has 38 nitrogen and oxygen atoms in total. The molecule has 6 aromatic rings. The fraction of sp³-hybridized carbons (Fsp3) is 0.531. The first-order valence-electron chi connectivity index (χ1n) is 21.1. The number of aromatic nitrogens is 12. The van der Waals surface area contributed by atoms with Gasteiger partial charge in [-0.1, -0.05) is 0 Å². The van der Waals surface area contributed by atoms with Crippen LogP contribution in [-0.2, 0) is 66.2 Å². The molecule has 0 amide bonds. The predicted octanol–water partition coefficient (Wildman–Crippen LogP) is -4.37. The minimum absolute atomic E-state index is 0.0418. The Labute approximate surface area is 412 Å². The van der Waals surface area contributed by atoms with Crippen molar-refractivity contribution >= 4 is 76.7 Å². The first kappa shape index (κ1) is 54.6. The van der Waals surface area contributed by atoms with E-state index in [0.29, 0.717) is 0 Å². The van der Waals surface area contributed by atoms with Gasteiger partial charge in [0, 0.05) is 0 Å². The number of hydrogen-bond donors (Lipinski definition) is 13. The summed E-state index contributed by atoms with van der Waals surface area (Å²) in [7, 11) is -22.4. The Bertz CT molecular complexity index is 3570. The van der Waals surface area contributed by atoms with E-state index in [0.717, 1.165) is 26.4 Å². The van der Waals surface area contributed by atoms with E-state index >= 15 is 4.39 Å². The number of H-pyrrole nitrogens is 3. The second-order valence-corrected chi connectivity index (χ2v) is 22.6. The fourth-order valence-electron chi connectivity index (χ4n) is 8.19. The molecule has 75 heavy (non-hydrogen) atoms. The maximum Gasteiger partial charge on any atom is 0.490 e. The Morgan fingerprint density at radius 3 is 1.67 bits per heavy atom. The van der Waals surface area contributed by atoms with Gasteiger partial charge in [0.25, 0.3) is 22.3 Å². The summed E-state index contributed by atoms with van der Waals surface area (Å²) < 4.78 is 117. The summed E-state index contributed by atoms with van der Waals surface area (Å²) in [5.41, 5.74) is 7.82. The molecule has 9 rings (SSSR count). The van der Waals surface area contributed by atoms with Crippen molar-refractivity contribution in [1.82, 2.24) is 53.6 Å². The van der Waals surface area contributed by atoms with Crippen molar-refractivity contribution in [1.29, 1.82) is 0 Å². The SMILES string of the molecule is Cc1nc2c(ncn2[C@@H]2O[C@H](COP(=O)(O)OC3[C@@H](COP(=O)(O)OP(=O)(O)OP(=O)(O)OC[C@H]4O[C@@H](n5c[n+](C)c6c(=O)[nH]c(N)nc65)C(O)[C@H]4O)O[C@@H](n4cnc5c(=O)[nH]c(N)nc54)[C@H]3F)C(O)[C@@H]2O)c(=O)[nH]1. The average Bonchev–Trinajstić information content (AvgIpc) is 4.15. The van der Waals surface area contributed by atoms with Crippen LogP contribution in [0.25, 0.3) is 33.5 Å². The number of aryl methyl sites for hydroxylation is 2. The number of nitrogens with zero attached hydrogens (tertiary/aromatic N) is 9. The molecule has 410 valence electrons. The molecule has 0 bridgehead atoms. The highest BCUT2D eigenvalue weighted by atomic mass is 31.3. The van der Waals surface area contributed by atoms with Crippen molar-refractivity contribution in [3.05, 3.63) is 55.9 Å². The molecule has 9 heterocycles. The van der Waals surface area contributed by atoms with Crippen LogP contribution in [0.2, 0.25) is 0 Å². The van der Waals surface area contributed by atoms with E-state index in [1.54, 1.807) is 0 Å². The van der Waals surface area contributed by atoms with Crippen LogP contribution in [0, 0.1) is 6.92 Å². The number of aromatic amines is 3. The molecule has 3 saturated heterocycles. The quantitative estimate of drug-likeness (QED) is 0.0286. The number of rotatable bonds is 18. The van der Waals surface area contributed by atoms with Crippen molar-refractivity contribution < 1.29 is 108 Å². The molecule has 3 aliphatic rings. The second kappa shape index (κ2) is 20.0. The molecule has 0 aliphatic carbocycles. The molecule has 15 N–H and O–H groups in total. The number of ether oxygens (including phenoxy) is 3. The summed E-state index contributed by atoms with van der Waals surface area (Å²) in [5, 5.41) is 43.0. The topological polar surface area (TPSA) is 547 Å². The number of nitrogen functional groups attached to an aromatic ring is 2. The largest absolute Gasteiger partial charge is 0.490 e. The second-order valence-electron chi connectivity index (χ2n) is 16.6. The molecule has 7 unspecified atom stereocenters. The number of anilines is 2. The van der Waals surface area contributed by atoms with Crippen molar-refractivity contribution in [3.8, 4) is 0 Å². The van der Waals surface area contributed by atoms with Gasteiger partial charge >= 0.3 is 36.9 Å². The van der Waals surface area contributed by atoms with Gasteiger partial charge in [-0.15, -0.1) is 0 Å². The predicted molar refractivity (Wildman–Crippen MR) is 236 cm³/mol. The zero-order chi connectivity index (χ0) is 54.4. The summed E-state index contributed by atoms with van der Waals surface area (Å²) in [6.45, 7) is -2.29. The number of hydrogen-bond acceptors (Lipinski definition) is 27. The highest BCUT2D eigenvalue weighted by Crippen LogP contribution is 2.68. The van der Waals surface area contributed by atoms with Crippen LogP contribution in [0.1, 0.15) is 24.5 Å². The smallest absolute Gasteiger partial charge is 0.387 e. The van der Waals surface area contributed by atoms with E-state index in [1.165, 1.54) is 24.9 Å². The van der Waals surface area contributed by atoms with E-state index in [2.05, 4.69) is 53.0 Å². The number of alkyl halides is 1. The number of nitrogens with one attached hydrogen (secondary N) is 3. The summed E-state index contributed by atoms with van der Waals surface area (Å²) in [5.74, 6) is -0.666. The van der Waals surface area contributed by atoms with Crippen LogP contribution in [-0.4, -0.2) is 168 Å². The molecule has 0 aromatic carbocycles. The Hall–Kier alpha value is -5.18. The minimum Gasteiger partial charge on any atom is -0.387 e. The van der Waals surface area contributed by atoms with Gasteiger partial charge in [-0.25, -0.2) is 42.2 Å². The summed E-state index contributed by atoms with van der Waals surface area (Å²) in [6.07, 6.45) is -20.0. The molecule has 6 aromatic heterocycles. The summed E-state index contributed by atoms with van der Waals surface area (Å²) in [4.78, 5) is 106. The van der Waals surface area contributed by atoms with Gasteiger partial charge in [0.1, 0.15) is 54.7 Å². The standard InChI is InChI=1S/C32H41FN14O24P4/c1-9-38-22-14(25(52)39-9)37-7-46(22)29-19(50)17(48)10(66-29)3-63-72(55,56)69-21-12(68-28(13(21)33)45-6-36-15-23(45)40-31(34)42-26(15)53)5-65-74(59,60)71-75(61,62)70-73(57,58)64-4-11-18(49)20(51)30(67-11)47-8-44(2)16-24(47)41-32(35)43-27(16)54/h6-8,10-13,17-21,28-30,48-51H,3-5H2,1-2H3,(H10-,34,35,38,39,40,41,42,43,52,53,54,55,56,57,58,59,60,61,62)/p+1/t10-,11-,12-,13+,17?,18+,19+,20?,21?,28-,29-,30-/m1/s1. The first-order chi connectivity index (χ1) is 35.0. The number of fused-ring (bicyclic) bond motifs is 3. The fourth-order valence-corrected chi connectivity index (χ4v) is 12.7. The van der Waals surface area contributed by atoms with Crippen LogP contribution in [0.15, 0.2) is 33.4 Å². The van der Waals surface area contributed by atoms with Crippen molar-refractivity contribution in [2.45, 2.75) is 80.6 Å². The zero-order valence-electron chi connectivity index (χ0n) is 37.7. The third-order valence-electron chi connectivity index (χ3n) is 11.4. The van der Waals surface area contributed by atoms with Gasteiger partial charge in [-0.3, -0.25) is 51.6 Å². The minimum atomic E-state index is -6.27. The van der Waals surface area contributed by atoms with E-state index in [4.69, 9.17) is 39.2 Å². The Morgan fingerprint density at radius 2 is 1.09 bits per heavy atom. The number of halogens is 1. The number of phosphoric ester groups is 3. The first-order valence-corrected chi connectivity index (χ1v) is 27.1. The Balaban J connectivity index is 0.859. The molecular formula is C32H42FN14O24P4+. The molecule has 0 spiro atoms. The van der Waals surface area contributed by atoms with Crippen molar-refractivity contribution in [2.75, 3.05) is 31.3 Å². The van der Waals surface area contributed by atoms with Gasteiger partial charge in [0.05, 0.1) is 39.5 Å². The Morgan fingerprint density at radius 1 is 0.640 bits per heavy atom. The molecule has 0 radical (unpaired) electrons. The number of imidazole rings is 3. The van der Waals surface area contributed by atoms with Crippen molar-refractivity contribution in [3.63, 3.8) is 0 Å². The van der Waals surface area contributed by atoms with Gasteiger partial charge in [0.15, 0.2) is 41.0 Å². The van der Waals surface area contributed by atoms with E-state index < -0.39 is 159 Å². The van der Waals surface area contributed by atoms with E-state index in [1.807, 2.05) is 0 Å². The van der Waals surface area contributed by atoms with E-state index in [-0.39, 0.29) is 34.1 Å². The lowest BCUT2D eigenvalue weighted by Crippen LogP contribution is -2.35. The maximum atomic E-state index is 16.6. The Kier molecular flexibility index (Phi) is 14.6. The van der Waals surface area contributed by atoms with Crippen LogP contribution in [0.5, 0.6) is 0 Å². The zero-order valence-corrected chi connectivity index (χ0v) is 41.3. The highest BCUT2D eigenvalue weighted by Gasteiger charge is 2.54. The molecule has 3 aliphatic heterocycles. The molecule has 16 atom stereocenters. The lowest BCUT2D eigenvalue weighted by Gasteiger charge is -2.24. The van der Waals surface area contributed by atoms with Crippen LogP contribution >= 0.6 is 31.3 Å². The summed E-state index contributed by atoms with van der Waals surface area (Å²) >= 11 is 0. The number of nitrogens with two attached hydrogens (primary N) is 2. The van der Waals surface area contributed by atoms with Gasteiger partial charge in [0.2, 0.25) is 24.5 Å². The monoisotopic (exact) mass is 1150 g/mol. The van der Waals surface area contributed by atoms with E-state index in [9.17, 15) is 72.6 Å². The normalized spacial score (nSPS) is 30.5. The number of aliphatic hydroxyl groups excluding tert-OH is 4. The van der Waals surface area contributed by atoms with Gasteiger partial charge in [-0.05, 0) is 6.92 Å². The average molecular weight is 1150 g/mol. The number of phosphoric acid groups is 4. The lowest BCUT2D eigenvalue weighted by atomic mass is 10.1. The molecule has 43 heteroatoms. The lowest BCUT2D eigenvalue weighted by molar-refractivity contribution is -0.646. The van der Waals surface area contributed by atoms with Crippen molar-refractivity contribution in [2.24, 2.45) is 7.05 Å². The highest BCUT2D eigenvalue weighted by molar-refractivity contribution is 7.66. The van der Waals surface area contributed by atoms with Crippen LogP contribution < -0.4 is 32.7 Å². The molecule has 3 fully saturated rings. The van der Waals surface area contributed by atoms with Gasteiger partial charge < -0.3 is 70.7 Å². The summed E-state index contributed by atoms with van der Waals surface area (Å²) in [6, 6.07) is 0. The maximum absolute atomic E-state index is 16.6. The van der Waals surface area contributed by atoms with Crippen LogP contribution in [0.3, 0.4) is 0 Å².